The summed E-state index contributed by atoms with van der Waals surface area (Å²) in [6.07, 6.45) is 6.57. The molecule has 0 bridgehead atoms. The van der Waals surface area contributed by atoms with E-state index in [-0.39, 0.29) is 0 Å². The van der Waals surface area contributed by atoms with Crippen LogP contribution in [0, 0.1) is 11.8 Å². The number of alkyl halides is 1. The quantitative estimate of drug-likeness (QED) is 0.503. The van der Waals surface area contributed by atoms with Crippen molar-refractivity contribution in [3.8, 4) is 0 Å². The number of hydrogen-bond donors (Lipinski definition) is 0. The molecule has 0 aromatic rings. The van der Waals surface area contributed by atoms with E-state index in [4.69, 9.17) is 16.3 Å². The molecule has 0 saturated heterocycles. The van der Waals surface area contributed by atoms with Gasteiger partial charge >= 0.3 is 0 Å². The van der Waals surface area contributed by atoms with Crippen molar-refractivity contribution in [2.45, 2.75) is 52.1 Å². The topological polar surface area (TPSA) is 9.23 Å². The van der Waals surface area contributed by atoms with Crippen molar-refractivity contribution >= 4 is 11.6 Å². The van der Waals surface area contributed by atoms with Crippen molar-refractivity contribution in [1.29, 1.82) is 0 Å². The van der Waals surface area contributed by atoms with Gasteiger partial charge in [-0.15, -0.1) is 11.6 Å². The fraction of sp³-hybridized carbons (Fsp3) is 1.00. The van der Waals surface area contributed by atoms with Gasteiger partial charge in [-0.05, 0) is 43.9 Å². The van der Waals surface area contributed by atoms with Crippen molar-refractivity contribution in [3.63, 3.8) is 0 Å². The van der Waals surface area contributed by atoms with Crippen LogP contribution >= 0.6 is 11.6 Å². The Kier molecular flexibility index (Phi) is 5.88. The van der Waals surface area contributed by atoms with Gasteiger partial charge in [0.15, 0.2) is 0 Å². The third-order valence-electron chi connectivity index (χ3n) is 3.43. The van der Waals surface area contributed by atoms with Gasteiger partial charge in [0.1, 0.15) is 0 Å². The summed E-state index contributed by atoms with van der Waals surface area (Å²) in [6, 6.07) is 0. The van der Waals surface area contributed by atoms with E-state index in [9.17, 15) is 0 Å². The number of rotatable bonds is 5. The molecule has 0 radical (unpaired) electrons. The second-order valence-electron chi connectivity index (χ2n) is 4.66. The average Bonchev–Trinajstić information content (AvgIpc) is 2.18. The van der Waals surface area contributed by atoms with E-state index >= 15 is 0 Å². The summed E-state index contributed by atoms with van der Waals surface area (Å²) in [5, 5.41) is 0. The second-order valence-corrected chi connectivity index (χ2v) is 5.03. The third kappa shape index (κ3) is 4.18. The highest BCUT2D eigenvalue weighted by atomic mass is 35.5. The molecule has 0 heterocycles. The van der Waals surface area contributed by atoms with Gasteiger partial charge in [-0.25, -0.2) is 0 Å². The first-order valence-electron chi connectivity index (χ1n) is 5.91. The zero-order valence-electron chi connectivity index (χ0n) is 9.47. The van der Waals surface area contributed by atoms with E-state index < -0.39 is 0 Å². The largest absolute Gasteiger partial charge is 0.378 e. The van der Waals surface area contributed by atoms with Crippen LogP contribution in [0.3, 0.4) is 0 Å². The Morgan fingerprint density at radius 1 is 1.14 bits per heavy atom. The lowest BCUT2D eigenvalue weighted by Gasteiger charge is -2.31. The molecular weight excluding hydrogens is 196 g/mol. The SMILES string of the molecule is CC1CCC(OCCCCCl)CC1C. The van der Waals surface area contributed by atoms with Crippen LogP contribution in [0.4, 0.5) is 0 Å². The van der Waals surface area contributed by atoms with Crippen LogP contribution in [-0.4, -0.2) is 18.6 Å². The van der Waals surface area contributed by atoms with Crippen molar-refractivity contribution < 1.29 is 4.74 Å². The standard InChI is InChI=1S/C12H23ClO/c1-10-5-6-12(9-11(10)2)14-8-4-3-7-13/h10-12H,3-9H2,1-2H3. The molecule has 1 rings (SSSR count). The molecule has 2 heteroatoms. The number of ether oxygens (including phenoxy) is 1. The lowest BCUT2D eigenvalue weighted by atomic mass is 9.80. The van der Waals surface area contributed by atoms with Crippen LogP contribution in [0.5, 0.6) is 0 Å². The molecule has 1 aliphatic carbocycles. The molecule has 0 amide bonds. The maximum atomic E-state index is 5.85. The van der Waals surface area contributed by atoms with Crippen LogP contribution in [-0.2, 0) is 4.74 Å². The Hall–Kier alpha value is 0.250. The van der Waals surface area contributed by atoms with Gasteiger partial charge in [0.05, 0.1) is 6.10 Å². The smallest absolute Gasteiger partial charge is 0.0577 e. The number of hydrogen-bond acceptors (Lipinski definition) is 1. The summed E-state index contributed by atoms with van der Waals surface area (Å²) in [6.45, 7) is 5.60. The van der Waals surface area contributed by atoms with Crippen LogP contribution < -0.4 is 0 Å². The minimum Gasteiger partial charge on any atom is -0.378 e. The predicted octanol–water partition coefficient (Wildman–Crippen LogP) is 3.85. The van der Waals surface area contributed by atoms with E-state index in [0.29, 0.717) is 6.10 Å². The Balaban J connectivity index is 2.07. The molecule has 1 saturated carbocycles. The second kappa shape index (κ2) is 6.68. The molecule has 3 unspecified atom stereocenters. The molecule has 0 aliphatic heterocycles. The molecule has 1 nitrogen and oxygen atoms in total. The van der Waals surface area contributed by atoms with E-state index in [1.54, 1.807) is 0 Å². The fourth-order valence-electron chi connectivity index (χ4n) is 2.10. The van der Waals surface area contributed by atoms with E-state index in [2.05, 4.69) is 13.8 Å². The third-order valence-corrected chi connectivity index (χ3v) is 3.70. The van der Waals surface area contributed by atoms with Crippen molar-refractivity contribution in [1.82, 2.24) is 0 Å². The molecular formula is C12H23ClO. The van der Waals surface area contributed by atoms with Gasteiger partial charge in [-0.3, -0.25) is 0 Å². The Bertz CT molecular complexity index is 149. The minimum absolute atomic E-state index is 0.525. The molecule has 0 aromatic heterocycles. The van der Waals surface area contributed by atoms with Crippen molar-refractivity contribution in [3.05, 3.63) is 0 Å². The highest BCUT2D eigenvalue weighted by Gasteiger charge is 2.24. The maximum absolute atomic E-state index is 5.85. The van der Waals surface area contributed by atoms with E-state index in [1.807, 2.05) is 0 Å². The zero-order valence-corrected chi connectivity index (χ0v) is 10.2. The van der Waals surface area contributed by atoms with Crippen molar-refractivity contribution in [2.24, 2.45) is 11.8 Å². The van der Waals surface area contributed by atoms with Crippen molar-refractivity contribution in [2.75, 3.05) is 12.5 Å². The Morgan fingerprint density at radius 3 is 2.57 bits per heavy atom. The van der Waals surface area contributed by atoms with Gasteiger partial charge in [0.25, 0.3) is 0 Å². The van der Waals surface area contributed by atoms with Gasteiger partial charge in [0, 0.05) is 12.5 Å². The van der Waals surface area contributed by atoms with Gasteiger partial charge in [0.2, 0.25) is 0 Å². The van der Waals surface area contributed by atoms with E-state index in [1.165, 1.54) is 19.3 Å². The van der Waals surface area contributed by atoms with Crippen LogP contribution in [0.15, 0.2) is 0 Å². The highest BCUT2D eigenvalue weighted by Crippen LogP contribution is 2.30. The Morgan fingerprint density at radius 2 is 1.93 bits per heavy atom. The molecule has 84 valence electrons. The maximum Gasteiger partial charge on any atom is 0.0577 e. The monoisotopic (exact) mass is 218 g/mol. The molecule has 0 N–H and O–H groups in total. The summed E-state index contributed by atoms with van der Waals surface area (Å²) in [5.41, 5.74) is 0. The summed E-state index contributed by atoms with van der Waals surface area (Å²) >= 11 is 5.61. The summed E-state index contributed by atoms with van der Waals surface area (Å²) < 4.78 is 5.85. The highest BCUT2D eigenvalue weighted by molar-refractivity contribution is 6.17. The molecule has 3 atom stereocenters. The average molecular weight is 219 g/mol. The molecule has 0 spiro atoms. The normalized spacial score (nSPS) is 33.2. The minimum atomic E-state index is 0.525. The molecule has 14 heavy (non-hydrogen) atoms. The lowest BCUT2D eigenvalue weighted by Crippen LogP contribution is -2.27. The van der Waals surface area contributed by atoms with E-state index in [0.717, 1.165) is 37.2 Å². The van der Waals surface area contributed by atoms with Gasteiger partial charge in [-0.2, -0.15) is 0 Å². The fourth-order valence-corrected chi connectivity index (χ4v) is 2.29. The summed E-state index contributed by atoms with van der Waals surface area (Å²) in [4.78, 5) is 0. The number of unbranched alkanes of at least 4 members (excludes halogenated alkanes) is 1. The molecule has 1 aliphatic rings. The first-order valence-corrected chi connectivity index (χ1v) is 6.45. The van der Waals surface area contributed by atoms with Crippen LogP contribution in [0.25, 0.3) is 0 Å². The summed E-state index contributed by atoms with van der Waals surface area (Å²) in [7, 11) is 0. The Labute approximate surface area is 93.2 Å². The molecule has 0 aromatic carbocycles. The zero-order chi connectivity index (χ0) is 10.4. The van der Waals surface area contributed by atoms with Gasteiger partial charge in [-0.1, -0.05) is 13.8 Å². The molecule has 1 fully saturated rings. The summed E-state index contributed by atoms with van der Waals surface area (Å²) in [5.74, 6) is 2.49. The number of halogens is 1. The first-order chi connectivity index (χ1) is 6.74. The van der Waals surface area contributed by atoms with Gasteiger partial charge < -0.3 is 4.74 Å². The lowest BCUT2D eigenvalue weighted by molar-refractivity contribution is 0.00156. The van der Waals surface area contributed by atoms with Crippen LogP contribution in [0.2, 0.25) is 0 Å². The van der Waals surface area contributed by atoms with Crippen LogP contribution in [0.1, 0.15) is 46.0 Å². The first kappa shape index (κ1) is 12.3. The predicted molar refractivity (Wildman–Crippen MR) is 61.9 cm³/mol.